The molecule has 3 aromatic rings. The number of fused-ring (bicyclic) bond motifs is 1. The number of nitrogens with zero attached hydrogens (tertiary/aromatic N) is 3. The van der Waals surface area contributed by atoms with Gasteiger partial charge in [0.1, 0.15) is 19.5 Å². The lowest BCUT2D eigenvalue weighted by molar-refractivity contribution is 0.416. The van der Waals surface area contributed by atoms with Crippen LogP contribution in [0.2, 0.25) is 16.6 Å². The Bertz CT molecular complexity index is 1300. The van der Waals surface area contributed by atoms with Crippen molar-refractivity contribution in [2.45, 2.75) is 63.3 Å². The zero-order valence-electron chi connectivity index (χ0n) is 21.7. The molecule has 0 fully saturated rings. The lowest BCUT2D eigenvalue weighted by Crippen LogP contribution is -2.43. The third-order valence-electron chi connectivity index (χ3n) is 6.93. The van der Waals surface area contributed by atoms with Gasteiger partial charge in [-0.1, -0.05) is 77.4 Å². The largest absolute Gasteiger partial charge is 0.496 e. The third-order valence-corrected chi connectivity index (χ3v) is 13.8. The fraction of sp³-hybridized carbons (Fsp3) is 0.444. The summed E-state index contributed by atoms with van der Waals surface area (Å²) in [4.78, 5) is 23.0. The molecule has 3 rings (SSSR count). The van der Waals surface area contributed by atoms with Crippen molar-refractivity contribution in [3.8, 4) is 28.3 Å². The Morgan fingerprint density at radius 3 is 2.24 bits per heavy atom. The number of hydrogen-bond donors (Lipinski definition) is 0. The van der Waals surface area contributed by atoms with Crippen molar-refractivity contribution in [3.05, 3.63) is 46.4 Å². The van der Waals surface area contributed by atoms with Gasteiger partial charge in [-0.05, 0) is 28.9 Å². The van der Waals surface area contributed by atoms with E-state index in [1.807, 2.05) is 30.5 Å². The SMILES string of the molecule is COc1ccccc1-c1c(C#C[Si](C(C)C)(C(C)C)C(C)C)c2cnc(SC)nc2n(C)c1=O. The Labute approximate surface area is 208 Å². The number of aryl methyl sites for hydroxylation is 1. The number of ether oxygens (including phenoxy) is 1. The molecule has 0 aliphatic rings. The van der Waals surface area contributed by atoms with E-state index in [-0.39, 0.29) is 5.56 Å². The molecule has 0 saturated heterocycles. The maximum Gasteiger partial charge on any atom is 0.261 e. The topological polar surface area (TPSA) is 57.0 Å². The molecule has 5 nitrogen and oxygen atoms in total. The first kappa shape index (κ1) is 26.0. The molecule has 0 aliphatic carbocycles. The highest BCUT2D eigenvalue weighted by Crippen LogP contribution is 2.41. The van der Waals surface area contributed by atoms with Crippen LogP contribution in [0.4, 0.5) is 0 Å². The summed E-state index contributed by atoms with van der Waals surface area (Å²) in [6.45, 7) is 13.7. The summed E-state index contributed by atoms with van der Waals surface area (Å²) in [6.07, 6.45) is 3.73. The van der Waals surface area contributed by atoms with Crippen molar-refractivity contribution in [1.29, 1.82) is 0 Å². The molecule has 180 valence electrons. The first-order chi connectivity index (χ1) is 16.1. The highest BCUT2D eigenvalue weighted by molar-refractivity contribution is 7.98. The van der Waals surface area contributed by atoms with Crippen LogP contribution in [0.1, 0.15) is 47.1 Å². The maximum absolute atomic E-state index is 13.8. The zero-order valence-corrected chi connectivity index (χ0v) is 23.5. The molecule has 0 saturated carbocycles. The molecule has 0 amide bonds. The van der Waals surface area contributed by atoms with Crippen molar-refractivity contribution in [2.24, 2.45) is 7.05 Å². The average molecular weight is 494 g/mol. The van der Waals surface area contributed by atoms with Gasteiger partial charge in [0.25, 0.3) is 5.56 Å². The zero-order chi connectivity index (χ0) is 25.2. The number of methoxy groups -OCH3 is 1. The monoisotopic (exact) mass is 493 g/mol. The summed E-state index contributed by atoms with van der Waals surface area (Å²) in [5.41, 5.74) is 7.66. The van der Waals surface area contributed by atoms with E-state index in [1.165, 1.54) is 11.8 Å². The second kappa shape index (κ2) is 10.4. The molecule has 1 aromatic carbocycles. The third kappa shape index (κ3) is 4.41. The van der Waals surface area contributed by atoms with Crippen LogP contribution < -0.4 is 10.3 Å². The maximum atomic E-state index is 13.8. The molecule has 7 heteroatoms. The smallest absolute Gasteiger partial charge is 0.261 e. The summed E-state index contributed by atoms with van der Waals surface area (Å²) in [5, 5.41) is 1.41. The van der Waals surface area contributed by atoms with E-state index < -0.39 is 8.07 Å². The van der Waals surface area contributed by atoms with E-state index >= 15 is 0 Å². The van der Waals surface area contributed by atoms with E-state index in [1.54, 1.807) is 24.9 Å². The van der Waals surface area contributed by atoms with Gasteiger partial charge in [-0.15, -0.1) is 5.54 Å². The van der Waals surface area contributed by atoms with Gasteiger partial charge < -0.3 is 4.74 Å². The van der Waals surface area contributed by atoms with Crippen LogP contribution in [0.15, 0.2) is 40.4 Å². The summed E-state index contributed by atoms with van der Waals surface area (Å²) in [5.74, 6) is 4.19. The molecule has 0 N–H and O–H groups in total. The molecule has 34 heavy (non-hydrogen) atoms. The van der Waals surface area contributed by atoms with Crippen LogP contribution in [0, 0.1) is 11.5 Å². The van der Waals surface area contributed by atoms with Crippen molar-refractivity contribution in [2.75, 3.05) is 13.4 Å². The number of benzene rings is 1. The van der Waals surface area contributed by atoms with Gasteiger partial charge >= 0.3 is 0 Å². The lowest BCUT2D eigenvalue weighted by Gasteiger charge is -2.38. The van der Waals surface area contributed by atoms with E-state index in [2.05, 4.69) is 63.0 Å². The van der Waals surface area contributed by atoms with E-state index in [9.17, 15) is 4.79 Å². The Kier molecular flexibility index (Phi) is 7.94. The van der Waals surface area contributed by atoms with E-state index in [0.717, 1.165) is 10.9 Å². The van der Waals surface area contributed by atoms with Gasteiger partial charge in [0, 0.05) is 24.4 Å². The Hall–Kier alpha value is -2.56. The average Bonchev–Trinajstić information content (AvgIpc) is 2.81. The van der Waals surface area contributed by atoms with Crippen molar-refractivity contribution >= 4 is 30.9 Å². The standard InChI is InChI=1S/C27H35N3O2SSi/c1-17(2)34(18(3)4,19(5)6)15-14-20-22-16-28-27(33-9)29-25(22)30(7)26(31)24(20)21-12-10-11-13-23(21)32-8/h10-13,16-19H,1-9H3. The van der Waals surface area contributed by atoms with Gasteiger partial charge in [0.2, 0.25) is 0 Å². The molecule has 2 heterocycles. The molecule has 0 atom stereocenters. The van der Waals surface area contributed by atoms with Crippen molar-refractivity contribution in [3.63, 3.8) is 0 Å². The fourth-order valence-corrected chi connectivity index (χ4v) is 10.8. The molecule has 0 spiro atoms. The number of hydrogen-bond acceptors (Lipinski definition) is 5. The minimum Gasteiger partial charge on any atom is -0.496 e. The highest BCUT2D eigenvalue weighted by Gasteiger charge is 2.41. The molecule has 0 radical (unpaired) electrons. The lowest BCUT2D eigenvalue weighted by atomic mass is 9.98. The molecule has 2 aromatic heterocycles. The summed E-state index contributed by atoms with van der Waals surface area (Å²) in [6, 6.07) is 7.61. The number of aromatic nitrogens is 3. The van der Waals surface area contributed by atoms with Gasteiger partial charge in [0.05, 0.1) is 18.1 Å². The van der Waals surface area contributed by atoms with Gasteiger partial charge in [-0.3, -0.25) is 9.36 Å². The Morgan fingerprint density at radius 2 is 1.68 bits per heavy atom. The minimum absolute atomic E-state index is 0.141. The van der Waals surface area contributed by atoms with Crippen LogP contribution in [0.5, 0.6) is 5.75 Å². The van der Waals surface area contributed by atoms with Crippen molar-refractivity contribution in [1.82, 2.24) is 14.5 Å². The van der Waals surface area contributed by atoms with E-state index in [4.69, 9.17) is 4.74 Å². The van der Waals surface area contributed by atoms with Crippen LogP contribution in [-0.4, -0.2) is 36.0 Å². The number of para-hydroxylation sites is 1. The first-order valence-electron chi connectivity index (χ1n) is 11.7. The highest BCUT2D eigenvalue weighted by atomic mass is 32.2. The van der Waals surface area contributed by atoms with Gasteiger partial charge in [-0.2, -0.15) is 0 Å². The van der Waals surface area contributed by atoms with Crippen molar-refractivity contribution < 1.29 is 4.74 Å². The molecule has 0 aliphatic heterocycles. The molecular weight excluding hydrogens is 458 g/mol. The number of pyridine rings is 1. The summed E-state index contributed by atoms with van der Waals surface area (Å²) >= 11 is 1.45. The quantitative estimate of drug-likeness (QED) is 0.175. The van der Waals surface area contributed by atoms with E-state index in [0.29, 0.717) is 44.3 Å². The van der Waals surface area contributed by atoms with Crippen LogP contribution in [0.25, 0.3) is 22.2 Å². The molecule has 0 unspecified atom stereocenters. The molecule has 0 bridgehead atoms. The van der Waals surface area contributed by atoms with Crippen LogP contribution >= 0.6 is 11.8 Å². The normalized spacial score (nSPS) is 11.9. The predicted octanol–water partition coefficient (Wildman–Crippen LogP) is 6.30. The Morgan fingerprint density at radius 1 is 1.06 bits per heavy atom. The number of thioether (sulfide) groups is 1. The second-order valence-corrected chi connectivity index (χ2v) is 15.9. The fourth-order valence-electron chi connectivity index (χ4n) is 5.23. The van der Waals surface area contributed by atoms with Gasteiger partial charge in [-0.25, -0.2) is 9.97 Å². The first-order valence-corrected chi connectivity index (χ1v) is 15.2. The van der Waals surface area contributed by atoms with Crippen LogP contribution in [0.3, 0.4) is 0 Å². The predicted molar refractivity (Wildman–Crippen MR) is 146 cm³/mol. The van der Waals surface area contributed by atoms with Crippen LogP contribution in [-0.2, 0) is 7.05 Å². The summed E-state index contributed by atoms with van der Waals surface area (Å²) in [7, 11) is 1.34. The van der Waals surface area contributed by atoms with Gasteiger partial charge in [0.15, 0.2) is 5.16 Å². The minimum atomic E-state index is -2.04. The molecular formula is C27H35N3O2SSi. The number of rotatable bonds is 6. The summed E-state index contributed by atoms with van der Waals surface area (Å²) < 4.78 is 7.23. The second-order valence-electron chi connectivity index (χ2n) is 9.56. The Balaban J connectivity index is 2.52.